The normalized spacial score (nSPS) is 14.9. The molecule has 1 aromatic heterocycles. The maximum atomic E-state index is 11.4. The quantitative estimate of drug-likeness (QED) is 0.771. The summed E-state index contributed by atoms with van der Waals surface area (Å²) in [5.41, 5.74) is 0. The van der Waals surface area contributed by atoms with Crippen LogP contribution >= 0.6 is 11.8 Å². The van der Waals surface area contributed by atoms with Crippen molar-refractivity contribution in [3.8, 4) is 0 Å². The fraction of sp³-hybridized carbons (Fsp3) is 0.455. The van der Waals surface area contributed by atoms with Crippen molar-refractivity contribution in [1.29, 1.82) is 0 Å². The second-order valence-corrected chi connectivity index (χ2v) is 4.77. The summed E-state index contributed by atoms with van der Waals surface area (Å²) >= 11 is 1.55. The van der Waals surface area contributed by atoms with E-state index < -0.39 is 0 Å². The van der Waals surface area contributed by atoms with E-state index in [4.69, 9.17) is 0 Å². The van der Waals surface area contributed by atoms with E-state index in [1.165, 1.54) is 12.8 Å². The fourth-order valence-electron chi connectivity index (χ4n) is 1.21. The zero-order chi connectivity index (χ0) is 10.5. The van der Waals surface area contributed by atoms with Crippen LogP contribution < -0.4 is 5.32 Å². The number of amides is 1. The van der Waals surface area contributed by atoms with Gasteiger partial charge in [0.1, 0.15) is 0 Å². The fourth-order valence-corrected chi connectivity index (χ4v) is 1.93. The molecule has 1 N–H and O–H groups in total. The lowest BCUT2D eigenvalue weighted by Crippen LogP contribution is -2.27. The second kappa shape index (κ2) is 5.16. The van der Waals surface area contributed by atoms with E-state index in [9.17, 15) is 4.79 Å². The highest BCUT2D eigenvalue weighted by atomic mass is 32.2. The molecule has 1 aromatic rings. The number of pyridine rings is 1. The van der Waals surface area contributed by atoms with Gasteiger partial charge in [-0.1, -0.05) is 0 Å². The van der Waals surface area contributed by atoms with E-state index >= 15 is 0 Å². The number of aromatic nitrogens is 1. The van der Waals surface area contributed by atoms with Gasteiger partial charge in [0.2, 0.25) is 5.91 Å². The van der Waals surface area contributed by atoms with Crippen molar-refractivity contribution in [1.82, 2.24) is 10.3 Å². The van der Waals surface area contributed by atoms with E-state index in [0.717, 1.165) is 17.4 Å². The Kier molecular flexibility index (Phi) is 3.61. The molecule has 1 saturated carbocycles. The van der Waals surface area contributed by atoms with Gasteiger partial charge >= 0.3 is 0 Å². The summed E-state index contributed by atoms with van der Waals surface area (Å²) in [6.07, 6.45) is 6.03. The van der Waals surface area contributed by atoms with Gasteiger partial charge in [0.15, 0.2) is 0 Å². The SMILES string of the molecule is O=C(CSc1ccncc1)NCC1CC1. The van der Waals surface area contributed by atoms with E-state index in [0.29, 0.717) is 5.75 Å². The smallest absolute Gasteiger partial charge is 0.230 e. The molecule has 15 heavy (non-hydrogen) atoms. The van der Waals surface area contributed by atoms with E-state index in [1.807, 2.05) is 12.1 Å². The lowest BCUT2D eigenvalue weighted by Gasteiger charge is -2.03. The van der Waals surface area contributed by atoms with E-state index in [2.05, 4.69) is 10.3 Å². The third kappa shape index (κ3) is 3.91. The van der Waals surface area contributed by atoms with Crippen LogP contribution in [0.3, 0.4) is 0 Å². The van der Waals surface area contributed by atoms with Gasteiger partial charge in [0.25, 0.3) is 0 Å². The third-order valence-electron chi connectivity index (χ3n) is 2.30. The van der Waals surface area contributed by atoms with Gasteiger partial charge in [-0.05, 0) is 30.9 Å². The Morgan fingerprint density at radius 1 is 1.47 bits per heavy atom. The van der Waals surface area contributed by atoms with Crippen LogP contribution in [0.1, 0.15) is 12.8 Å². The predicted molar refractivity (Wildman–Crippen MR) is 60.7 cm³/mol. The number of hydrogen-bond donors (Lipinski definition) is 1. The summed E-state index contributed by atoms with van der Waals surface area (Å²) < 4.78 is 0. The first kappa shape index (κ1) is 10.5. The third-order valence-corrected chi connectivity index (χ3v) is 3.32. The van der Waals surface area contributed by atoms with E-state index in [1.54, 1.807) is 24.2 Å². The van der Waals surface area contributed by atoms with Crippen molar-refractivity contribution in [2.24, 2.45) is 5.92 Å². The molecule has 1 heterocycles. The molecular weight excluding hydrogens is 208 g/mol. The van der Waals surface area contributed by atoms with Crippen molar-refractivity contribution in [2.45, 2.75) is 17.7 Å². The Hall–Kier alpha value is -1.03. The summed E-state index contributed by atoms with van der Waals surface area (Å²) in [4.78, 5) is 16.4. The van der Waals surface area contributed by atoms with Crippen LogP contribution in [0.2, 0.25) is 0 Å². The molecule has 1 aliphatic rings. The first-order valence-electron chi connectivity index (χ1n) is 5.14. The predicted octanol–water partition coefficient (Wildman–Crippen LogP) is 1.70. The highest BCUT2D eigenvalue weighted by Gasteiger charge is 2.21. The van der Waals surface area contributed by atoms with Crippen molar-refractivity contribution in [3.05, 3.63) is 24.5 Å². The number of carbonyl (C=O) groups is 1. The lowest BCUT2D eigenvalue weighted by atomic mass is 10.4. The number of hydrogen-bond acceptors (Lipinski definition) is 3. The molecule has 4 heteroatoms. The van der Waals surface area contributed by atoms with Crippen molar-refractivity contribution < 1.29 is 4.79 Å². The molecule has 0 unspecified atom stereocenters. The number of thioether (sulfide) groups is 1. The molecule has 3 nitrogen and oxygen atoms in total. The van der Waals surface area contributed by atoms with Crippen LogP contribution in [0.4, 0.5) is 0 Å². The molecule has 0 radical (unpaired) electrons. The van der Waals surface area contributed by atoms with Crippen molar-refractivity contribution in [2.75, 3.05) is 12.3 Å². The molecule has 2 rings (SSSR count). The average Bonchev–Trinajstić information content (AvgIpc) is 3.09. The molecule has 1 fully saturated rings. The Labute approximate surface area is 93.7 Å². The molecule has 0 aliphatic heterocycles. The Morgan fingerprint density at radius 3 is 2.87 bits per heavy atom. The lowest BCUT2D eigenvalue weighted by molar-refractivity contribution is -0.118. The largest absolute Gasteiger partial charge is 0.355 e. The van der Waals surface area contributed by atoms with Crippen molar-refractivity contribution >= 4 is 17.7 Å². The standard InChI is InChI=1S/C11H14N2OS/c14-11(13-7-9-1-2-9)8-15-10-3-5-12-6-4-10/h3-6,9H,1-2,7-8H2,(H,13,14). The van der Waals surface area contributed by atoms with Gasteiger partial charge < -0.3 is 5.32 Å². The first-order chi connectivity index (χ1) is 7.34. The van der Waals surface area contributed by atoms with E-state index in [-0.39, 0.29) is 5.91 Å². The maximum Gasteiger partial charge on any atom is 0.230 e. The Bertz CT molecular complexity index is 325. The first-order valence-corrected chi connectivity index (χ1v) is 6.12. The average molecular weight is 222 g/mol. The Balaban J connectivity index is 1.66. The van der Waals surface area contributed by atoms with Crippen LogP contribution in [0.25, 0.3) is 0 Å². The molecule has 0 aromatic carbocycles. The summed E-state index contributed by atoms with van der Waals surface area (Å²) in [5, 5.41) is 2.94. The van der Waals surface area contributed by atoms with Gasteiger partial charge in [-0.15, -0.1) is 11.8 Å². The Morgan fingerprint density at radius 2 is 2.20 bits per heavy atom. The minimum Gasteiger partial charge on any atom is -0.355 e. The van der Waals surface area contributed by atoms with Gasteiger partial charge in [-0.25, -0.2) is 0 Å². The van der Waals surface area contributed by atoms with Gasteiger partial charge in [0.05, 0.1) is 5.75 Å². The minimum atomic E-state index is 0.128. The summed E-state index contributed by atoms with van der Waals surface area (Å²) in [6.45, 7) is 0.857. The van der Waals surface area contributed by atoms with Gasteiger partial charge in [-0.3, -0.25) is 9.78 Å². The number of rotatable bonds is 5. The van der Waals surface area contributed by atoms with Crippen molar-refractivity contribution in [3.63, 3.8) is 0 Å². The minimum absolute atomic E-state index is 0.128. The summed E-state index contributed by atoms with van der Waals surface area (Å²) in [5.74, 6) is 1.38. The van der Waals surface area contributed by atoms with Crippen LogP contribution in [0.15, 0.2) is 29.4 Å². The molecule has 0 saturated heterocycles. The zero-order valence-corrected chi connectivity index (χ0v) is 9.30. The van der Waals surface area contributed by atoms with Crippen LogP contribution in [-0.4, -0.2) is 23.2 Å². The molecule has 0 atom stereocenters. The number of nitrogens with one attached hydrogen (secondary N) is 1. The van der Waals surface area contributed by atoms with Crippen LogP contribution in [0.5, 0.6) is 0 Å². The zero-order valence-electron chi connectivity index (χ0n) is 8.48. The number of nitrogens with zero attached hydrogens (tertiary/aromatic N) is 1. The second-order valence-electron chi connectivity index (χ2n) is 3.72. The topological polar surface area (TPSA) is 42.0 Å². The monoisotopic (exact) mass is 222 g/mol. The highest BCUT2D eigenvalue weighted by molar-refractivity contribution is 8.00. The molecule has 80 valence electrons. The molecule has 1 aliphatic carbocycles. The molecular formula is C11H14N2OS. The van der Waals surface area contributed by atoms with Gasteiger partial charge in [0, 0.05) is 23.8 Å². The molecule has 0 spiro atoms. The number of carbonyl (C=O) groups excluding carboxylic acids is 1. The van der Waals surface area contributed by atoms with Crippen LogP contribution in [0, 0.1) is 5.92 Å². The van der Waals surface area contributed by atoms with Gasteiger partial charge in [-0.2, -0.15) is 0 Å². The highest BCUT2D eigenvalue weighted by Crippen LogP contribution is 2.27. The molecule has 0 bridgehead atoms. The molecule has 1 amide bonds. The summed E-state index contributed by atoms with van der Waals surface area (Å²) in [7, 11) is 0. The summed E-state index contributed by atoms with van der Waals surface area (Å²) in [6, 6.07) is 3.83. The van der Waals surface area contributed by atoms with Crippen LogP contribution in [-0.2, 0) is 4.79 Å². The maximum absolute atomic E-state index is 11.4.